The van der Waals surface area contributed by atoms with E-state index in [0.29, 0.717) is 24.9 Å². The van der Waals surface area contributed by atoms with Gasteiger partial charge in [-0.25, -0.2) is 8.42 Å². The molecule has 0 aromatic carbocycles. The first kappa shape index (κ1) is 19.2. The summed E-state index contributed by atoms with van der Waals surface area (Å²) < 4.78 is 26.5. The number of nitrogens with one attached hydrogen (secondary N) is 1. The fourth-order valence-electron chi connectivity index (χ4n) is 5.02. The zero-order valence-corrected chi connectivity index (χ0v) is 16.6. The Bertz CT molecular complexity index is 555. The monoisotopic (exact) mass is 370 g/mol. The van der Waals surface area contributed by atoms with Crippen LogP contribution in [-0.2, 0) is 14.6 Å². The van der Waals surface area contributed by atoms with Crippen LogP contribution in [0.1, 0.15) is 58.8 Å². The van der Waals surface area contributed by atoms with Gasteiger partial charge in [-0.05, 0) is 56.5 Å². The van der Waals surface area contributed by atoms with Crippen molar-refractivity contribution < 1.29 is 13.2 Å². The molecule has 25 heavy (non-hydrogen) atoms. The van der Waals surface area contributed by atoms with Crippen LogP contribution >= 0.6 is 0 Å². The van der Waals surface area contributed by atoms with Gasteiger partial charge >= 0.3 is 0 Å². The predicted octanol–water partition coefficient (Wildman–Crippen LogP) is 2.22. The number of hydrogen-bond acceptors (Lipinski definition) is 4. The Morgan fingerprint density at radius 2 is 1.52 bits per heavy atom. The molecule has 1 aliphatic carbocycles. The van der Waals surface area contributed by atoms with Crippen molar-refractivity contribution in [2.24, 2.45) is 17.8 Å². The van der Waals surface area contributed by atoms with Gasteiger partial charge in [-0.2, -0.15) is 0 Å². The number of amides is 1. The van der Waals surface area contributed by atoms with E-state index in [0.717, 1.165) is 58.0 Å². The van der Waals surface area contributed by atoms with Crippen LogP contribution in [0.4, 0.5) is 0 Å². The Morgan fingerprint density at radius 1 is 0.960 bits per heavy atom. The third kappa shape index (κ3) is 4.05. The van der Waals surface area contributed by atoms with E-state index in [-0.39, 0.29) is 17.1 Å². The van der Waals surface area contributed by atoms with E-state index in [1.807, 2.05) is 18.7 Å². The molecule has 0 aromatic rings. The van der Waals surface area contributed by atoms with Crippen molar-refractivity contribution >= 4 is 15.7 Å². The topological polar surface area (TPSA) is 66.5 Å². The first-order valence-electron chi connectivity index (χ1n) is 10.1. The molecule has 6 heteroatoms. The normalized spacial score (nSPS) is 30.1. The number of hydrogen-bond donors (Lipinski definition) is 1. The van der Waals surface area contributed by atoms with Gasteiger partial charge in [-0.15, -0.1) is 0 Å². The summed E-state index contributed by atoms with van der Waals surface area (Å²) in [7, 11) is -3.41. The summed E-state index contributed by atoms with van der Waals surface area (Å²) in [5, 5.41) is 2.28. The molecule has 0 radical (unpaired) electrons. The highest BCUT2D eigenvalue weighted by Gasteiger charge is 2.43. The van der Waals surface area contributed by atoms with Gasteiger partial charge in [-0.3, -0.25) is 4.79 Å². The lowest BCUT2D eigenvalue weighted by molar-refractivity contribution is -0.131. The molecular formula is C19H34N2O3S. The Hall–Kier alpha value is -0.620. The Balaban J connectivity index is 1.74. The summed E-state index contributed by atoms with van der Waals surface area (Å²) >= 11 is 0. The average Bonchev–Trinajstić information content (AvgIpc) is 2.93. The van der Waals surface area contributed by atoms with Crippen LogP contribution in [0, 0.1) is 17.8 Å². The van der Waals surface area contributed by atoms with E-state index in [2.05, 4.69) is 5.32 Å². The van der Waals surface area contributed by atoms with Crippen LogP contribution in [0.2, 0.25) is 0 Å². The van der Waals surface area contributed by atoms with Crippen LogP contribution in [-0.4, -0.2) is 55.9 Å². The molecule has 1 unspecified atom stereocenters. The molecule has 1 amide bonds. The largest absolute Gasteiger partial charge is 0.342 e. The lowest BCUT2D eigenvalue weighted by Crippen LogP contribution is -2.49. The van der Waals surface area contributed by atoms with Gasteiger partial charge in [-0.1, -0.05) is 33.1 Å². The lowest BCUT2D eigenvalue weighted by atomic mass is 9.92. The van der Waals surface area contributed by atoms with E-state index in [4.69, 9.17) is 0 Å². The molecule has 0 spiro atoms. The highest BCUT2D eigenvalue weighted by molar-refractivity contribution is 7.93. The number of carbonyl (C=O) groups is 1. The molecule has 2 aliphatic heterocycles. The smallest absolute Gasteiger partial charge is 0.241 e. The molecule has 5 nitrogen and oxygen atoms in total. The summed E-state index contributed by atoms with van der Waals surface area (Å²) in [4.78, 5) is 15.1. The van der Waals surface area contributed by atoms with Gasteiger partial charge in [0.15, 0.2) is 9.84 Å². The number of sulfone groups is 1. The van der Waals surface area contributed by atoms with E-state index in [9.17, 15) is 13.2 Å². The maximum atomic E-state index is 13.2. The lowest BCUT2D eigenvalue weighted by Gasteiger charge is -2.32. The molecule has 3 fully saturated rings. The molecule has 144 valence electrons. The van der Waals surface area contributed by atoms with E-state index >= 15 is 0 Å². The maximum Gasteiger partial charge on any atom is 0.241 e. The summed E-state index contributed by atoms with van der Waals surface area (Å²) in [5.74, 6) is 0.993. The van der Waals surface area contributed by atoms with Crippen molar-refractivity contribution in [3.8, 4) is 0 Å². The van der Waals surface area contributed by atoms with Gasteiger partial charge in [0, 0.05) is 13.1 Å². The van der Waals surface area contributed by atoms with Crippen molar-refractivity contribution in [2.75, 3.05) is 26.2 Å². The predicted molar refractivity (Wildman–Crippen MR) is 100 cm³/mol. The molecule has 1 saturated carbocycles. The molecule has 2 heterocycles. The van der Waals surface area contributed by atoms with Crippen LogP contribution in [0.5, 0.6) is 0 Å². The third-order valence-electron chi connectivity index (χ3n) is 6.55. The zero-order valence-electron chi connectivity index (χ0n) is 15.7. The van der Waals surface area contributed by atoms with E-state index < -0.39 is 15.1 Å². The zero-order chi connectivity index (χ0) is 18.0. The van der Waals surface area contributed by atoms with Gasteiger partial charge in [0.25, 0.3) is 0 Å². The molecule has 0 aromatic heterocycles. The summed E-state index contributed by atoms with van der Waals surface area (Å²) in [6, 6.07) is 0. The SMILES string of the molecule is CC(C)C(C(=O)N1CC[C@@H]2CNC[C@@H]2CC1)S(=O)(=O)C1CCCCC1. The minimum absolute atomic E-state index is 0.131. The molecule has 3 aliphatic rings. The highest BCUT2D eigenvalue weighted by atomic mass is 32.2. The number of nitrogens with zero attached hydrogens (tertiary/aromatic N) is 1. The second-order valence-corrected chi connectivity index (χ2v) is 10.9. The molecule has 3 atom stereocenters. The number of fused-ring (bicyclic) bond motifs is 1. The second kappa shape index (κ2) is 7.95. The van der Waals surface area contributed by atoms with Crippen molar-refractivity contribution in [3.05, 3.63) is 0 Å². The first-order chi connectivity index (χ1) is 11.9. The van der Waals surface area contributed by atoms with Crippen LogP contribution in [0.25, 0.3) is 0 Å². The molecule has 0 bridgehead atoms. The Labute approximate surface area is 152 Å². The summed E-state index contributed by atoms with van der Waals surface area (Å²) in [6.07, 6.45) is 6.53. The van der Waals surface area contributed by atoms with E-state index in [1.165, 1.54) is 0 Å². The maximum absolute atomic E-state index is 13.2. The number of carbonyl (C=O) groups excluding carboxylic acids is 1. The first-order valence-corrected chi connectivity index (χ1v) is 11.7. The van der Waals surface area contributed by atoms with Crippen molar-refractivity contribution in [1.82, 2.24) is 10.2 Å². The van der Waals surface area contributed by atoms with Gasteiger partial charge in [0.05, 0.1) is 5.25 Å². The summed E-state index contributed by atoms with van der Waals surface area (Å²) in [6.45, 7) is 7.29. The van der Waals surface area contributed by atoms with Gasteiger partial charge in [0.2, 0.25) is 5.91 Å². The van der Waals surface area contributed by atoms with Gasteiger partial charge < -0.3 is 10.2 Å². The number of likely N-dealkylation sites (tertiary alicyclic amines) is 1. The molecule has 3 rings (SSSR count). The Kier molecular flexibility index (Phi) is 6.09. The van der Waals surface area contributed by atoms with E-state index in [1.54, 1.807) is 0 Å². The fourth-order valence-corrected chi connectivity index (χ4v) is 7.62. The van der Waals surface area contributed by atoms with Crippen molar-refractivity contribution in [2.45, 2.75) is 69.3 Å². The standard InChI is InChI=1S/C19H34N2O3S/c1-14(2)18(25(23,24)17-6-4-3-5-7-17)19(22)21-10-8-15-12-20-13-16(15)9-11-21/h14-18,20H,3-13H2,1-2H3/t15-,16+,18?. The van der Waals surface area contributed by atoms with Crippen molar-refractivity contribution in [3.63, 3.8) is 0 Å². The van der Waals surface area contributed by atoms with Crippen molar-refractivity contribution in [1.29, 1.82) is 0 Å². The molecular weight excluding hydrogens is 336 g/mol. The summed E-state index contributed by atoms with van der Waals surface area (Å²) in [5.41, 5.74) is 0. The minimum atomic E-state index is -3.41. The molecule has 1 N–H and O–H groups in total. The van der Waals surface area contributed by atoms with Gasteiger partial charge in [0.1, 0.15) is 5.25 Å². The highest BCUT2D eigenvalue weighted by Crippen LogP contribution is 2.32. The minimum Gasteiger partial charge on any atom is -0.342 e. The fraction of sp³-hybridized carbons (Fsp3) is 0.947. The van der Waals surface area contributed by atoms with Crippen LogP contribution in [0.3, 0.4) is 0 Å². The molecule has 2 saturated heterocycles. The second-order valence-electron chi connectivity index (χ2n) is 8.59. The Morgan fingerprint density at radius 3 is 2.04 bits per heavy atom. The third-order valence-corrected chi connectivity index (χ3v) is 9.41. The van der Waals surface area contributed by atoms with Crippen LogP contribution in [0.15, 0.2) is 0 Å². The number of rotatable bonds is 4. The quantitative estimate of drug-likeness (QED) is 0.824. The average molecular weight is 371 g/mol. The van der Waals surface area contributed by atoms with Crippen LogP contribution < -0.4 is 5.32 Å².